The zero-order valence-corrected chi connectivity index (χ0v) is 14.3. The Hall–Kier alpha value is -3.02. The molecule has 2 aromatic rings. The van der Waals surface area contributed by atoms with Crippen LogP contribution >= 0.6 is 0 Å². The first-order chi connectivity index (χ1) is 12.7. The van der Waals surface area contributed by atoms with Crippen molar-refractivity contribution < 1.29 is 19.1 Å². The summed E-state index contributed by atoms with van der Waals surface area (Å²) in [4.78, 5) is 28.8. The summed E-state index contributed by atoms with van der Waals surface area (Å²) in [7, 11) is 0. The van der Waals surface area contributed by atoms with Crippen molar-refractivity contribution in [1.82, 2.24) is 9.80 Å². The van der Waals surface area contributed by atoms with Gasteiger partial charge in [0.25, 0.3) is 11.8 Å². The molecule has 0 saturated carbocycles. The molecule has 2 aliphatic heterocycles. The van der Waals surface area contributed by atoms with Gasteiger partial charge in [-0.1, -0.05) is 30.3 Å². The fourth-order valence-corrected chi connectivity index (χ4v) is 3.24. The van der Waals surface area contributed by atoms with Crippen LogP contribution in [0.4, 0.5) is 0 Å². The van der Waals surface area contributed by atoms with E-state index in [9.17, 15) is 9.59 Å². The van der Waals surface area contributed by atoms with Crippen LogP contribution in [0, 0.1) is 0 Å². The lowest BCUT2D eigenvalue weighted by Crippen LogP contribution is -2.55. The maximum Gasteiger partial charge on any atom is 0.267 e. The molecule has 2 aliphatic rings. The zero-order valence-electron chi connectivity index (χ0n) is 14.3. The van der Waals surface area contributed by atoms with Gasteiger partial charge in [0, 0.05) is 31.7 Å². The van der Waals surface area contributed by atoms with Gasteiger partial charge in [0.05, 0.1) is 0 Å². The quantitative estimate of drug-likeness (QED) is 0.827. The summed E-state index contributed by atoms with van der Waals surface area (Å²) < 4.78 is 11.4. The number of nitrogens with zero attached hydrogens (tertiary/aromatic N) is 2. The molecule has 0 bridgehead atoms. The molecular formula is C20H20N2O4. The van der Waals surface area contributed by atoms with Gasteiger partial charge in [0.2, 0.25) is 6.10 Å². The Morgan fingerprint density at radius 1 is 0.808 bits per heavy atom. The molecule has 1 saturated heterocycles. The molecule has 0 spiro atoms. The van der Waals surface area contributed by atoms with Crippen LogP contribution in [0.1, 0.15) is 10.4 Å². The number of ether oxygens (including phenoxy) is 2. The Balaban J connectivity index is 1.35. The third-order valence-electron chi connectivity index (χ3n) is 4.68. The molecule has 0 aliphatic carbocycles. The third-order valence-corrected chi connectivity index (χ3v) is 4.68. The monoisotopic (exact) mass is 352 g/mol. The summed E-state index contributed by atoms with van der Waals surface area (Å²) in [5, 5.41) is 0. The standard InChI is InChI=1S/C20H20N2O4/c23-19(15-6-2-1-3-7-15)21-10-12-22(13-11-21)20(24)18-14-25-16-8-4-5-9-17(16)26-18/h1-9,18H,10-14H2/t18-/m1/s1. The van der Waals surface area contributed by atoms with E-state index in [1.807, 2.05) is 48.5 Å². The molecular weight excluding hydrogens is 332 g/mol. The Kier molecular flexibility index (Phi) is 4.48. The van der Waals surface area contributed by atoms with E-state index < -0.39 is 6.10 Å². The van der Waals surface area contributed by atoms with Crippen molar-refractivity contribution in [3.05, 3.63) is 60.2 Å². The molecule has 6 heteroatoms. The largest absolute Gasteiger partial charge is 0.485 e. The molecule has 2 aromatic carbocycles. The number of hydrogen-bond donors (Lipinski definition) is 0. The molecule has 2 amide bonds. The van der Waals surface area contributed by atoms with E-state index in [4.69, 9.17) is 9.47 Å². The lowest BCUT2D eigenvalue weighted by atomic mass is 10.1. The second kappa shape index (κ2) is 7.07. The number of amides is 2. The smallest absolute Gasteiger partial charge is 0.267 e. The topological polar surface area (TPSA) is 59.1 Å². The maximum atomic E-state index is 12.7. The second-order valence-electron chi connectivity index (χ2n) is 6.35. The summed E-state index contributed by atoms with van der Waals surface area (Å²) in [6, 6.07) is 16.6. The molecule has 26 heavy (non-hydrogen) atoms. The van der Waals surface area contributed by atoms with Gasteiger partial charge in [-0.15, -0.1) is 0 Å². The SMILES string of the molecule is O=C(c1ccccc1)N1CCN(C(=O)[C@H]2COc3ccccc3O2)CC1. The van der Waals surface area contributed by atoms with Gasteiger partial charge in [0.15, 0.2) is 11.5 Å². The molecule has 0 radical (unpaired) electrons. The van der Waals surface area contributed by atoms with E-state index in [1.165, 1.54) is 0 Å². The molecule has 0 unspecified atom stereocenters. The van der Waals surface area contributed by atoms with Crippen molar-refractivity contribution in [2.75, 3.05) is 32.8 Å². The number of para-hydroxylation sites is 2. The van der Waals surface area contributed by atoms with Crippen molar-refractivity contribution in [3.8, 4) is 11.5 Å². The van der Waals surface area contributed by atoms with Crippen LogP contribution in [0.2, 0.25) is 0 Å². The van der Waals surface area contributed by atoms with Crippen LogP contribution in [0.3, 0.4) is 0 Å². The van der Waals surface area contributed by atoms with Gasteiger partial charge in [0.1, 0.15) is 6.61 Å². The molecule has 0 aromatic heterocycles. The van der Waals surface area contributed by atoms with E-state index in [2.05, 4.69) is 0 Å². The van der Waals surface area contributed by atoms with Crippen molar-refractivity contribution in [3.63, 3.8) is 0 Å². The highest BCUT2D eigenvalue weighted by Gasteiger charge is 2.33. The maximum absolute atomic E-state index is 12.7. The number of fused-ring (bicyclic) bond motifs is 1. The first kappa shape index (κ1) is 16.4. The van der Waals surface area contributed by atoms with E-state index in [1.54, 1.807) is 15.9 Å². The normalized spacial score (nSPS) is 19.2. The number of benzene rings is 2. The van der Waals surface area contributed by atoms with E-state index >= 15 is 0 Å². The number of hydrogen-bond acceptors (Lipinski definition) is 4. The Labute approximate surface area is 151 Å². The number of piperazine rings is 1. The van der Waals surface area contributed by atoms with Crippen molar-refractivity contribution in [2.24, 2.45) is 0 Å². The predicted octanol–water partition coefficient (Wildman–Crippen LogP) is 1.81. The van der Waals surface area contributed by atoms with Crippen molar-refractivity contribution in [1.29, 1.82) is 0 Å². The van der Waals surface area contributed by atoms with Crippen LogP contribution in [-0.2, 0) is 4.79 Å². The molecule has 2 heterocycles. The third kappa shape index (κ3) is 3.22. The molecule has 4 rings (SSSR count). The van der Waals surface area contributed by atoms with Crippen molar-refractivity contribution in [2.45, 2.75) is 6.10 Å². The van der Waals surface area contributed by atoms with E-state index in [0.29, 0.717) is 43.2 Å². The zero-order chi connectivity index (χ0) is 17.9. The van der Waals surface area contributed by atoms with Gasteiger partial charge in [-0.2, -0.15) is 0 Å². The average molecular weight is 352 g/mol. The Bertz CT molecular complexity index is 800. The fourth-order valence-electron chi connectivity index (χ4n) is 3.24. The van der Waals surface area contributed by atoms with Gasteiger partial charge >= 0.3 is 0 Å². The number of carbonyl (C=O) groups is 2. The minimum atomic E-state index is -0.638. The molecule has 6 nitrogen and oxygen atoms in total. The number of carbonyl (C=O) groups excluding carboxylic acids is 2. The van der Waals surface area contributed by atoms with Crippen LogP contribution < -0.4 is 9.47 Å². The van der Waals surface area contributed by atoms with Crippen LogP contribution in [0.5, 0.6) is 11.5 Å². The summed E-state index contributed by atoms with van der Waals surface area (Å²) in [5.41, 5.74) is 0.674. The van der Waals surface area contributed by atoms with Gasteiger partial charge in [-0.25, -0.2) is 0 Å². The predicted molar refractivity (Wildman–Crippen MR) is 95.3 cm³/mol. The molecule has 1 fully saturated rings. The van der Waals surface area contributed by atoms with Crippen LogP contribution in [0.25, 0.3) is 0 Å². The summed E-state index contributed by atoms with van der Waals surface area (Å²) >= 11 is 0. The lowest BCUT2D eigenvalue weighted by Gasteiger charge is -2.37. The minimum Gasteiger partial charge on any atom is -0.485 e. The van der Waals surface area contributed by atoms with Gasteiger partial charge < -0.3 is 19.3 Å². The van der Waals surface area contributed by atoms with Crippen LogP contribution in [0.15, 0.2) is 54.6 Å². The minimum absolute atomic E-state index is 0.00359. The average Bonchev–Trinajstić information content (AvgIpc) is 2.73. The molecule has 134 valence electrons. The molecule has 1 atom stereocenters. The highest BCUT2D eigenvalue weighted by atomic mass is 16.6. The van der Waals surface area contributed by atoms with Gasteiger partial charge in [-0.05, 0) is 24.3 Å². The lowest BCUT2D eigenvalue weighted by molar-refractivity contribution is -0.142. The van der Waals surface area contributed by atoms with E-state index in [-0.39, 0.29) is 18.4 Å². The second-order valence-corrected chi connectivity index (χ2v) is 6.35. The molecule has 0 N–H and O–H groups in total. The van der Waals surface area contributed by atoms with E-state index in [0.717, 1.165) is 0 Å². The number of rotatable bonds is 2. The summed E-state index contributed by atoms with van der Waals surface area (Å²) in [5.74, 6) is 1.17. The Morgan fingerprint density at radius 2 is 1.42 bits per heavy atom. The Morgan fingerprint density at radius 3 is 2.15 bits per heavy atom. The summed E-state index contributed by atoms with van der Waals surface area (Å²) in [6.07, 6.45) is -0.638. The highest BCUT2D eigenvalue weighted by Crippen LogP contribution is 2.31. The first-order valence-electron chi connectivity index (χ1n) is 8.74. The van der Waals surface area contributed by atoms with Gasteiger partial charge in [-0.3, -0.25) is 9.59 Å². The van der Waals surface area contributed by atoms with Crippen molar-refractivity contribution >= 4 is 11.8 Å². The first-order valence-corrected chi connectivity index (χ1v) is 8.74. The van der Waals surface area contributed by atoms with Crippen LogP contribution in [-0.4, -0.2) is 60.5 Å². The highest BCUT2D eigenvalue weighted by molar-refractivity contribution is 5.94. The summed E-state index contributed by atoms with van der Waals surface area (Å²) in [6.45, 7) is 2.24. The fraction of sp³-hybridized carbons (Fsp3) is 0.300.